The third-order valence-electron chi connectivity index (χ3n) is 1.57. The minimum Gasteiger partial charge on any atom is -0.381 e. The zero-order chi connectivity index (χ0) is 10.9. The summed E-state index contributed by atoms with van der Waals surface area (Å²) in [5.74, 6) is 0. The Bertz CT molecular complexity index is 219. The minimum atomic E-state index is -3.11. The van der Waals surface area contributed by atoms with Gasteiger partial charge < -0.3 is 4.74 Å². The molecule has 86 valence electrons. The van der Waals surface area contributed by atoms with Crippen LogP contribution in [-0.2, 0) is 14.8 Å². The van der Waals surface area contributed by atoms with Crippen LogP contribution in [0.1, 0.15) is 26.2 Å². The van der Waals surface area contributed by atoms with Crippen molar-refractivity contribution >= 4 is 26.0 Å². The number of sulfonamides is 1. The Morgan fingerprint density at radius 2 is 1.93 bits per heavy atom. The summed E-state index contributed by atoms with van der Waals surface area (Å²) in [5.41, 5.74) is 0. The first kappa shape index (κ1) is 14.3. The van der Waals surface area contributed by atoms with Crippen LogP contribution < -0.4 is 4.72 Å². The van der Waals surface area contributed by atoms with E-state index in [1.54, 1.807) is 0 Å². The van der Waals surface area contributed by atoms with E-state index in [4.69, 9.17) is 4.74 Å². The van der Waals surface area contributed by atoms with E-state index in [0.29, 0.717) is 13.2 Å². The van der Waals surface area contributed by atoms with E-state index in [0.717, 1.165) is 25.9 Å². The van der Waals surface area contributed by atoms with Crippen molar-refractivity contribution in [3.05, 3.63) is 0 Å². The Kier molecular flexibility index (Phi) is 8.86. The van der Waals surface area contributed by atoms with Crippen molar-refractivity contribution in [2.45, 2.75) is 26.2 Å². The van der Waals surface area contributed by atoms with Gasteiger partial charge in [-0.2, -0.15) is 0 Å². The van der Waals surface area contributed by atoms with Gasteiger partial charge in [0.15, 0.2) is 0 Å². The average molecular weight is 288 g/mol. The fourth-order valence-corrected chi connectivity index (χ4v) is 1.81. The second kappa shape index (κ2) is 8.64. The van der Waals surface area contributed by atoms with Crippen molar-refractivity contribution in [2.75, 3.05) is 24.4 Å². The number of alkyl halides is 1. The molecule has 0 atom stereocenters. The summed E-state index contributed by atoms with van der Waals surface area (Å²) in [6, 6.07) is 0. The van der Waals surface area contributed by atoms with Crippen molar-refractivity contribution in [3.8, 4) is 0 Å². The summed E-state index contributed by atoms with van der Waals surface area (Å²) in [6.07, 6.45) is 2.90. The molecule has 1 N–H and O–H groups in total. The Morgan fingerprint density at radius 3 is 2.50 bits per heavy atom. The summed E-state index contributed by atoms with van der Waals surface area (Å²) < 4.78 is 29.5. The molecule has 0 aromatic carbocycles. The number of rotatable bonds is 9. The molecule has 0 aromatic rings. The predicted octanol–water partition coefficient (Wildman–Crippen LogP) is 1.46. The summed E-state index contributed by atoms with van der Waals surface area (Å²) >= 11 is 2.89. The second-order valence-electron chi connectivity index (χ2n) is 2.94. The summed E-state index contributed by atoms with van der Waals surface area (Å²) in [6.45, 7) is 3.93. The molecule has 0 spiro atoms. The maximum Gasteiger partial charge on any atom is 0.221 e. The third kappa shape index (κ3) is 8.93. The van der Waals surface area contributed by atoms with Crippen LogP contribution in [0.2, 0.25) is 0 Å². The second-order valence-corrected chi connectivity index (χ2v) is 6.05. The van der Waals surface area contributed by atoms with Gasteiger partial charge in [-0.3, -0.25) is 0 Å². The van der Waals surface area contributed by atoms with Crippen LogP contribution >= 0.6 is 15.9 Å². The molecular formula is C8H18BrNO3S. The molecule has 4 nitrogen and oxygen atoms in total. The molecule has 0 heterocycles. The molecule has 0 radical (unpaired) electrons. The molecule has 14 heavy (non-hydrogen) atoms. The number of hydrogen-bond acceptors (Lipinski definition) is 3. The van der Waals surface area contributed by atoms with Crippen molar-refractivity contribution < 1.29 is 13.2 Å². The van der Waals surface area contributed by atoms with Crippen molar-refractivity contribution in [1.82, 2.24) is 4.72 Å². The molecule has 0 rings (SSSR count). The highest BCUT2D eigenvalue weighted by molar-refractivity contribution is 9.10. The first-order valence-corrected chi connectivity index (χ1v) is 7.51. The maximum absolute atomic E-state index is 10.9. The highest BCUT2D eigenvalue weighted by atomic mass is 79.9. The lowest BCUT2D eigenvalue weighted by Crippen LogP contribution is -2.26. The average Bonchev–Trinajstić information content (AvgIpc) is 2.16. The van der Waals surface area contributed by atoms with Crippen LogP contribution in [0.25, 0.3) is 0 Å². The predicted molar refractivity (Wildman–Crippen MR) is 61.1 cm³/mol. The van der Waals surface area contributed by atoms with Crippen molar-refractivity contribution in [1.29, 1.82) is 0 Å². The molecule has 6 heteroatoms. The van der Waals surface area contributed by atoms with Gasteiger partial charge in [0.2, 0.25) is 10.0 Å². The zero-order valence-electron chi connectivity index (χ0n) is 8.46. The Balaban J connectivity index is 3.22. The lowest BCUT2D eigenvalue weighted by molar-refractivity contribution is 0.130. The lowest BCUT2D eigenvalue weighted by atomic mass is 10.4. The molecule has 0 saturated carbocycles. The van der Waals surface area contributed by atoms with Gasteiger partial charge in [-0.05, 0) is 12.8 Å². The van der Waals surface area contributed by atoms with Crippen LogP contribution in [-0.4, -0.2) is 32.8 Å². The van der Waals surface area contributed by atoms with E-state index >= 15 is 0 Å². The quantitative estimate of drug-likeness (QED) is 0.516. The molecular weight excluding hydrogens is 270 g/mol. The van der Waals surface area contributed by atoms with Crippen molar-refractivity contribution in [2.24, 2.45) is 0 Å². The fraction of sp³-hybridized carbons (Fsp3) is 1.00. The number of ether oxygens (including phenoxy) is 1. The van der Waals surface area contributed by atoms with Gasteiger partial charge in [0.25, 0.3) is 0 Å². The van der Waals surface area contributed by atoms with Gasteiger partial charge in [-0.25, -0.2) is 13.1 Å². The third-order valence-corrected chi connectivity index (χ3v) is 4.31. The molecule has 0 unspecified atom stereocenters. The van der Waals surface area contributed by atoms with Gasteiger partial charge in [-0.1, -0.05) is 29.3 Å². The van der Waals surface area contributed by atoms with Crippen LogP contribution in [0.5, 0.6) is 0 Å². The topological polar surface area (TPSA) is 55.4 Å². The van der Waals surface area contributed by atoms with Crippen LogP contribution in [0.4, 0.5) is 0 Å². The standard InChI is InChI=1S/C8H18BrNO3S/c1-2-3-6-13-7-4-5-10-14(11,12)8-9/h10H,2-8H2,1H3. The maximum atomic E-state index is 10.9. The first-order chi connectivity index (χ1) is 6.62. The summed E-state index contributed by atoms with van der Waals surface area (Å²) in [5, 5.41) is 0. The van der Waals surface area contributed by atoms with Crippen molar-refractivity contribution in [3.63, 3.8) is 0 Å². The van der Waals surface area contributed by atoms with E-state index in [1.165, 1.54) is 0 Å². The molecule has 0 amide bonds. The smallest absolute Gasteiger partial charge is 0.221 e. The van der Waals surface area contributed by atoms with Crippen LogP contribution in [0.15, 0.2) is 0 Å². The van der Waals surface area contributed by atoms with Crippen LogP contribution in [0.3, 0.4) is 0 Å². The monoisotopic (exact) mass is 287 g/mol. The highest BCUT2D eigenvalue weighted by Gasteiger charge is 2.04. The normalized spacial score (nSPS) is 11.9. The highest BCUT2D eigenvalue weighted by Crippen LogP contribution is 1.92. The van der Waals surface area contributed by atoms with Gasteiger partial charge in [0.05, 0.1) is 0 Å². The molecule has 0 bridgehead atoms. The molecule has 0 aromatic heterocycles. The van der Waals surface area contributed by atoms with E-state index in [1.807, 2.05) is 0 Å². The van der Waals surface area contributed by atoms with Gasteiger partial charge in [0, 0.05) is 19.8 Å². The van der Waals surface area contributed by atoms with E-state index < -0.39 is 10.0 Å². The minimum absolute atomic E-state index is 0.0449. The number of hydrogen-bond donors (Lipinski definition) is 1. The van der Waals surface area contributed by atoms with E-state index in [9.17, 15) is 8.42 Å². The molecule has 0 aliphatic carbocycles. The zero-order valence-corrected chi connectivity index (χ0v) is 10.9. The van der Waals surface area contributed by atoms with E-state index in [-0.39, 0.29) is 4.66 Å². The van der Waals surface area contributed by atoms with Gasteiger partial charge in [-0.15, -0.1) is 0 Å². The van der Waals surface area contributed by atoms with Gasteiger partial charge >= 0.3 is 0 Å². The lowest BCUT2D eigenvalue weighted by Gasteiger charge is -2.04. The number of nitrogens with one attached hydrogen (secondary N) is 1. The Hall–Kier alpha value is 0.350. The molecule has 0 aliphatic rings. The molecule has 0 fully saturated rings. The SMILES string of the molecule is CCCCOCCCNS(=O)(=O)CBr. The number of unbranched alkanes of at least 4 members (excludes halogenated alkanes) is 1. The summed E-state index contributed by atoms with van der Waals surface area (Å²) in [7, 11) is -3.11. The Labute approximate surface area is 94.6 Å². The Morgan fingerprint density at radius 1 is 1.29 bits per heavy atom. The number of halogens is 1. The molecule has 0 aliphatic heterocycles. The van der Waals surface area contributed by atoms with E-state index in [2.05, 4.69) is 27.6 Å². The fourth-order valence-electron chi connectivity index (χ4n) is 0.789. The van der Waals surface area contributed by atoms with Crippen LogP contribution in [0, 0.1) is 0 Å². The summed E-state index contributed by atoms with van der Waals surface area (Å²) in [4.78, 5) is 0. The largest absolute Gasteiger partial charge is 0.381 e. The first-order valence-electron chi connectivity index (χ1n) is 4.73. The van der Waals surface area contributed by atoms with Gasteiger partial charge in [0.1, 0.15) is 4.66 Å². The molecule has 0 saturated heterocycles.